The highest BCUT2D eigenvalue weighted by Gasteiger charge is 2.30. The molecule has 4 rings (SSSR count). The SMILES string of the molecule is Br.FC(F)(F)c1cccc(N=c2scc(-c3ccc(Br)cc3)n2CCc2ccccc2)c1. The van der Waals surface area contributed by atoms with Gasteiger partial charge in [0.2, 0.25) is 0 Å². The third-order valence-electron chi connectivity index (χ3n) is 4.80. The lowest BCUT2D eigenvalue weighted by Crippen LogP contribution is -2.17. The summed E-state index contributed by atoms with van der Waals surface area (Å²) in [5.74, 6) is 0. The van der Waals surface area contributed by atoms with Crippen molar-refractivity contribution in [1.82, 2.24) is 4.57 Å². The summed E-state index contributed by atoms with van der Waals surface area (Å²) in [5, 5.41) is 2.00. The minimum atomic E-state index is -4.40. The van der Waals surface area contributed by atoms with Crippen molar-refractivity contribution in [3.63, 3.8) is 0 Å². The molecule has 32 heavy (non-hydrogen) atoms. The molecule has 0 radical (unpaired) electrons. The molecular weight excluding hydrogens is 565 g/mol. The van der Waals surface area contributed by atoms with Gasteiger partial charge in [0.1, 0.15) is 0 Å². The number of hydrogen-bond donors (Lipinski definition) is 0. The third kappa shape index (κ3) is 5.99. The van der Waals surface area contributed by atoms with E-state index in [0.717, 1.165) is 34.3 Å². The fourth-order valence-electron chi connectivity index (χ4n) is 3.23. The molecule has 0 atom stereocenters. The molecule has 0 amide bonds. The molecule has 0 unspecified atom stereocenters. The van der Waals surface area contributed by atoms with E-state index in [1.54, 1.807) is 6.07 Å². The normalized spacial score (nSPS) is 11.9. The Balaban J connectivity index is 0.00000289. The maximum absolute atomic E-state index is 13.1. The Labute approximate surface area is 207 Å². The summed E-state index contributed by atoms with van der Waals surface area (Å²) >= 11 is 4.88. The average molecular weight is 584 g/mol. The van der Waals surface area contributed by atoms with E-state index in [4.69, 9.17) is 0 Å². The van der Waals surface area contributed by atoms with E-state index in [2.05, 4.69) is 37.6 Å². The van der Waals surface area contributed by atoms with Crippen LogP contribution in [0.5, 0.6) is 0 Å². The maximum atomic E-state index is 13.1. The monoisotopic (exact) mass is 582 g/mol. The molecule has 8 heteroatoms. The number of alkyl halides is 3. The molecule has 0 bridgehead atoms. The second-order valence-electron chi connectivity index (χ2n) is 6.96. The molecular formula is C24H19Br2F3N2S. The first-order valence-electron chi connectivity index (χ1n) is 9.60. The molecule has 0 fully saturated rings. The molecule has 1 aromatic heterocycles. The third-order valence-corrected chi connectivity index (χ3v) is 6.20. The van der Waals surface area contributed by atoms with E-state index in [1.807, 2.05) is 47.8 Å². The molecule has 2 nitrogen and oxygen atoms in total. The largest absolute Gasteiger partial charge is 0.416 e. The van der Waals surface area contributed by atoms with Crippen LogP contribution in [0.15, 0.2) is 93.7 Å². The smallest absolute Gasteiger partial charge is 0.316 e. The summed E-state index contributed by atoms with van der Waals surface area (Å²) in [6, 6.07) is 23.2. The van der Waals surface area contributed by atoms with Crippen LogP contribution in [-0.4, -0.2) is 4.57 Å². The molecule has 0 aliphatic rings. The second kappa shape index (κ2) is 10.6. The zero-order valence-electron chi connectivity index (χ0n) is 16.7. The molecule has 166 valence electrons. The van der Waals surface area contributed by atoms with E-state index < -0.39 is 11.7 Å². The van der Waals surface area contributed by atoms with E-state index in [1.165, 1.54) is 23.0 Å². The Kier molecular flexibility index (Phi) is 8.14. The fourth-order valence-corrected chi connectivity index (χ4v) is 4.45. The van der Waals surface area contributed by atoms with Crippen LogP contribution in [0.4, 0.5) is 18.9 Å². The quantitative estimate of drug-likeness (QED) is 0.226. The van der Waals surface area contributed by atoms with Crippen molar-refractivity contribution in [2.45, 2.75) is 19.1 Å². The van der Waals surface area contributed by atoms with Gasteiger partial charge in [0, 0.05) is 16.4 Å². The topological polar surface area (TPSA) is 17.3 Å². The van der Waals surface area contributed by atoms with Crippen molar-refractivity contribution in [3.8, 4) is 11.3 Å². The number of hydrogen-bond acceptors (Lipinski definition) is 2. The van der Waals surface area contributed by atoms with Crippen molar-refractivity contribution in [2.75, 3.05) is 0 Å². The molecule has 0 saturated carbocycles. The van der Waals surface area contributed by atoms with Gasteiger partial charge >= 0.3 is 6.18 Å². The molecule has 0 aliphatic heterocycles. The summed E-state index contributed by atoms with van der Waals surface area (Å²) in [6.45, 7) is 0.663. The average Bonchev–Trinajstić information content (AvgIpc) is 3.15. The molecule has 1 heterocycles. The predicted octanol–water partition coefficient (Wildman–Crippen LogP) is 8.05. The lowest BCUT2D eigenvalue weighted by Gasteiger charge is -2.10. The highest BCUT2D eigenvalue weighted by atomic mass is 79.9. The number of rotatable bonds is 5. The number of thiazole rings is 1. The zero-order valence-corrected chi connectivity index (χ0v) is 20.8. The van der Waals surface area contributed by atoms with Gasteiger partial charge in [0.15, 0.2) is 4.80 Å². The highest BCUT2D eigenvalue weighted by molar-refractivity contribution is 9.10. The summed E-state index contributed by atoms with van der Waals surface area (Å²) < 4.78 is 42.4. The van der Waals surface area contributed by atoms with Gasteiger partial charge in [-0.15, -0.1) is 28.3 Å². The molecule has 4 aromatic rings. The first kappa shape index (κ1) is 24.5. The van der Waals surface area contributed by atoms with Crippen LogP contribution in [0, 0.1) is 0 Å². The van der Waals surface area contributed by atoms with Crippen molar-refractivity contribution in [3.05, 3.63) is 105 Å². The Morgan fingerprint density at radius 2 is 1.62 bits per heavy atom. The fraction of sp³-hybridized carbons (Fsp3) is 0.125. The van der Waals surface area contributed by atoms with Gasteiger partial charge < -0.3 is 4.57 Å². The minimum Gasteiger partial charge on any atom is -0.316 e. The lowest BCUT2D eigenvalue weighted by molar-refractivity contribution is -0.137. The Morgan fingerprint density at radius 1 is 0.906 bits per heavy atom. The molecule has 3 aromatic carbocycles. The molecule has 0 saturated heterocycles. The van der Waals surface area contributed by atoms with Crippen molar-refractivity contribution in [1.29, 1.82) is 0 Å². The molecule has 0 spiro atoms. The summed E-state index contributed by atoms with van der Waals surface area (Å²) in [4.78, 5) is 5.22. The van der Waals surface area contributed by atoms with Gasteiger partial charge in [-0.2, -0.15) is 13.2 Å². The van der Waals surface area contributed by atoms with E-state index in [-0.39, 0.29) is 22.7 Å². The van der Waals surface area contributed by atoms with Crippen LogP contribution < -0.4 is 4.80 Å². The number of aromatic nitrogens is 1. The number of nitrogens with zero attached hydrogens (tertiary/aromatic N) is 2. The van der Waals surface area contributed by atoms with Crippen molar-refractivity contribution in [2.24, 2.45) is 4.99 Å². The van der Waals surface area contributed by atoms with E-state index in [9.17, 15) is 13.2 Å². The Hall–Kier alpha value is -2.16. The van der Waals surface area contributed by atoms with Crippen molar-refractivity contribution >= 4 is 49.9 Å². The maximum Gasteiger partial charge on any atom is 0.416 e. The first-order chi connectivity index (χ1) is 14.9. The first-order valence-corrected chi connectivity index (χ1v) is 11.3. The number of halogens is 5. The van der Waals surface area contributed by atoms with E-state index in [0.29, 0.717) is 11.3 Å². The van der Waals surface area contributed by atoms with Gasteiger partial charge in [-0.3, -0.25) is 0 Å². The highest BCUT2D eigenvalue weighted by Crippen LogP contribution is 2.31. The molecule has 0 aliphatic carbocycles. The standard InChI is InChI=1S/C24H18BrF3N2S.BrH/c25-20-11-9-18(10-12-20)22-16-31-23(30(22)14-13-17-5-2-1-3-6-17)29-21-8-4-7-19(15-21)24(26,27)28;/h1-12,15-16H,13-14H2;1H. The predicted molar refractivity (Wildman–Crippen MR) is 133 cm³/mol. The lowest BCUT2D eigenvalue weighted by atomic mass is 10.1. The minimum absolute atomic E-state index is 0. The van der Waals surface area contributed by atoms with Gasteiger partial charge in [0.25, 0.3) is 0 Å². The van der Waals surface area contributed by atoms with Gasteiger partial charge in [-0.05, 0) is 47.9 Å². The van der Waals surface area contributed by atoms with Gasteiger partial charge in [-0.25, -0.2) is 4.99 Å². The Bertz CT molecular complexity index is 1230. The molecule has 0 N–H and O–H groups in total. The summed E-state index contributed by atoms with van der Waals surface area (Å²) in [5.41, 5.74) is 2.78. The Morgan fingerprint density at radius 3 is 2.31 bits per heavy atom. The number of aryl methyl sites for hydroxylation is 1. The van der Waals surface area contributed by atoms with Gasteiger partial charge in [0.05, 0.1) is 16.9 Å². The summed E-state index contributed by atoms with van der Waals surface area (Å²) in [7, 11) is 0. The van der Waals surface area contributed by atoms with E-state index >= 15 is 0 Å². The van der Waals surface area contributed by atoms with Crippen LogP contribution in [-0.2, 0) is 19.1 Å². The van der Waals surface area contributed by atoms with Crippen LogP contribution in [0.2, 0.25) is 0 Å². The van der Waals surface area contributed by atoms with Crippen LogP contribution in [0.25, 0.3) is 11.3 Å². The van der Waals surface area contributed by atoms with Crippen LogP contribution in [0.1, 0.15) is 11.1 Å². The second-order valence-corrected chi connectivity index (χ2v) is 8.71. The number of benzene rings is 3. The van der Waals surface area contributed by atoms with Crippen molar-refractivity contribution < 1.29 is 13.2 Å². The van der Waals surface area contributed by atoms with Crippen LogP contribution >= 0.6 is 44.2 Å². The summed E-state index contributed by atoms with van der Waals surface area (Å²) in [6.07, 6.45) is -3.61. The zero-order chi connectivity index (χ0) is 21.8. The van der Waals surface area contributed by atoms with Crippen LogP contribution in [0.3, 0.4) is 0 Å². The van der Waals surface area contributed by atoms with Gasteiger partial charge in [-0.1, -0.05) is 64.5 Å².